The summed E-state index contributed by atoms with van der Waals surface area (Å²) in [7, 11) is 0. The van der Waals surface area contributed by atoms with Gasteiger partial charge in [-0.05, 0) is 56.6 Å². The lowest BCUT2D eigenvalue weighted by Crippen LogP contribution is -2.40. The first kappa shape index (κ1) is 19.0. The van der Waals surface area contributed by atoms with E-state index in [0.29, 0.717) is 12.1 Å². The highest BCUT2D eigenvalue weighted by atomic mass is 127. The highest BCUT2D eigenvalue weighted by molar-refractivity contribution is 14.0. The van der Waals surface area contributed by atoms with Crippen LogP contribution in [-0.2, 0) is 0 Å². The van der Waals surface area contributed by atoms with Crippen molar-refractivity contribution in [2.45, 2.75) is 45.2 Å². The Morgan fingerprint density at radius 1 is 1.43 bits per heavy atom. The van der Waals surface area contributed by atoms with Crippen LogP contribution in [0, 0.1) is 5.92 Å². The quantitative estimate of drug-likeness (QED) is 0.398. The lowest BCUT2D eigenvalue weighted by atomic mass is 10.2. The number of halogens is 1. The Morgan fingerprint density at radius 3 is 2.74 bits per heavy atom. The second-order valence-electron chi connectivity index (χ2n) is 6.46. The highest BCUT2D eigenvalue weighted by Crippen LogP contribution is 2.30. The molecule has 1 saturated heterocycles. The van der Waals surface area contributed by atoms with Gasteiger partial charge in [0.1, 0.15) is 0 Å². The van der Waals surface area contributed by atoms with Crippen LogP contribution in [0.1, 0.15) is 44.0 Å². The van der Waals surface area contributed by atoms with Gasteiger partial charge in [0.2, 0.25) is 0 Å². The smallest absolute Gasteiger partial charge is 0.191 e. The molecular formula is C17H29IN4S. The summed E-state index contributed by atoms with van der Waals surface area (Å²) in [5.41, 5.74) is 0. The van der Waals surface area contributed by atoms with Gasteiger partial charge in [-0.15, -0.1) is 35.3 Å². The fourth-order valence-corrected chi connectivity index (χ4v) is 3.97. The molecular weight excluding hydrogens is 419 g/mol. The van der Waals surface area contributed by atoms with Crippen molar-refractivity contribution in [2.24, 2.45) is 10.9 Å². The summed E-state index contributed by atoms with van der Waals surface area (Å²) in [5, 5.41) is 9.12. The Kier molecular flexibility index (Phi) is 7.62. The molecule has 2 aliphatic rings. The standard InChI is InChI=1S/C17H28N4S.HI/c1-3-18-17(20-14-11-13(14)2)19-12-15(16-7-6-10-22-16)21-8-4-5-9-21;/h6-7,10,13-15H,3-5,8-9,11-12H2,1-2H3,(H2,18,19,20);1H. The van der Waals surface area contributed by atoms with E-state index in [1.165, 1.54) is 37.2 Å². The lowest BCUT2D eigenvalue weighted by Gasteiger charge is -2.25. The Bertz CT molecular complexity index is 485. The van der Waals surface area contributed by atoms with Gasteiger partial charge >= 0.3 is 0 Å². The number of rotatable bonds is 6. The third-order valence-electron chi connectivity index (χ3n) is 4.65. The van der Waals surface area contributed by atoms with E-state index in [1.54, 1.807) is 0 Å². The number of likely N-dealkylation sites (tertiary alicyclic amines) is 1. The van der Waals surface area contributed by atoms with Crippen molar-refractivity contribution in [3.63, 3.8) is 0 Å². The molecule has 0 amide bonds. The molecule has 1 aliphatic carbocycles. The molecule has 23 heavy (non-hydrogen) atoms. The molecule has 2 N–H and O–H groups in total. The van der Waals surface area contributed by atoms with Crippen molar-refractivity contribution in [1.29, 1.82) is 0 Å². The zero-order valence-electron chi connectivity index (χ0n) is 14.1. The van der Waals surface area contributed by atoms with Crippen LogP contribution in [-0.4, -0.2) is 43.1 Å². The van der Waals surface area contributed by atoms with Crippen LogP contribution in [0.3, 0.4) is 0 Å². The first-order chi connectivity index (χ1) is 10.8. The van der Waals surface area contributed by atoms with Crippen LogP contribution >= 0.6 is 35.3 Å². The second-order valence-corrected chi connectivity index (χ2v) is 7.44. The van der Waals surface area contributed by atoms with Crippen molar-refractivity contribution >= 4 is 41.3 Å². The molecule has 0 bridgehead atoms. The zero-order chi connectivity index (χ0) is 15.4. The molecule has 130 valence electrons. The second kappa shape index (κ2) is 9.22. The molecule has 3 unspecified atom stereocenters. The van der Waals surface area contributed by atoms with E-state index in [9.17, 15) is 0 Å². The number of nitrogens with one attached hydrogen (secondary N) is 2. The largest absolute Gasteiger partial charge is 0.357 e. The highest BCUT2D eigenvalue weighted by Gasteiger charge is 2.33. The van der Waals surface area contributed by atoms with Crippen LogP contribution in [0.2, 0.25) is 0 Å². The average Bonchev–Trinajstić information content (AvgIpc) is 2.99. The molecule has 1 aromatic rings. The summed E-state index contributed by atoms with van der Waals surface area (Å²) < 4.78 is 0. The maximum Gasteiger partial charge on any atom is 0.191 e. The van der Waals surface area contributed by atoms with Crippen LogP contribution < -0.4 is 10.6 Å². The maximum absolute atomic E-state index is 4.89. The summed E-state index contributed by atoms with van der Waals surface area (Å²) in [6.07, 6.45) is 3.91. The van der Waals surface area contributed by atoms with Crippen LogP contribution in [0.5, 0.6) is 0 Å². The molecule has 6 heteroatoms. The van der Waals surface area contributed by atoms with E-state index >= 15 is 0 Å². The molecule has 2 fully saturated rings. The van der Waals surface area contributed by atoms with E-state index in [1.807, 2.05) is 11.3 Å². The number of guanidine groups is 1. The molecule has 2 heterocycles. The molecule has 0 aromatic carbocycles. The molecule has 1 aromatic heterocycles. The summed E-state index contributed by atoms with van der Waals surface area (Å²) >= 11 is 1.86. The van der Waals surface area contributed by atoms with Crippen molar-refractivity contribution < 1.29 is 0 Å². The molecule has 1 aliphatic heterocycles. The van der Waals surface area contributed by atoms with E-state index < -0.39 is 0 Å². The average molecular weight is 448 g/mol. The number of thiophene rings is 1. The monoisotopic (exact) mass is 448 g/mol. The van der Waals surface area contributed by atoms with Crippen LogP contribution in [0.4, 0.5) is 0 Å². The van der Waals surface area contributed by atoms with Gasteiger partial charge in [0, 0.05) is 17.5 Å². The maximum atomic E-state index is 4.89. The lowest BCUT2D eigenvalue weighted by molar-refractivity contribution is 0.255. The molecule has 3 rings (SSSR count). The van der Waals surface area contributed by atoms with Gasteiger partial charge in [0.15, 0.2) is 5.96 Å². The minimum absolute atomic E-state index is 0. The van der Waals surface area contributed by atoms with Gasteiger partial charge < -0.3 is 10.6 Å². The van der Waals surface area contributed by atoms with Crippen molar-refractivity contribution in [3.8, 4) is 0 Å². The fourth-order valence-electron chi connectivity index (χ4n) is 3.12. The summed E-state index contributed by atoms with van der Waals surface area (Å²) in [4.78, 5) is 8.93. The van der Waals surface area contributed by atoms with E-state index in [2.05, 4.69) is 46.9 Å². The molecule has 4 nitrogen and oxygen atoms in total. The Morgan fingerprint density at radius 2 is 2.17 bits per heavy atom. The number of nitrogens with zero attached hydrogens (tertiary/aromatic N) is 2. The van der Waals surface area contributed by atoms with Crippen molar-refractivity contribution in [3.05, 3.63) is 22.4 Å². The molecule has 3 atom stereocenters. The minimum atomic E-state index is 0. The number of hydrogen-bond donors (Lipinski definition) is 2. The van der Waals surface area contributed by atoms with Gasteiger partial charge in [-0.2, -0.15) is 0 Å². The van der Waals surface area contributed by atoms with Crippen molar-refractivity contribution in [2.75, 3.05) is 26.2 Å². The molecule has 1 saturated carbocycles. The minimum Gasteiger partial charge on any atom is -0.357 e. The fraction of sp³-hybridized carbons (Fsp3) is 0.706. The number of aliphatic imine (C=N–C) groups is 1. The zero-order valence-corrected chi connectivity index (χ0v) is 17.3. The third kappa shape index (κ3) is 5.32. The molecule has 0 radical (unpaired) electrons. The van der Waals surface area contributed by atoms with Gasteiger partial charge in [-0.3, -0.25) is 9.89 Å². The van der Waals surface area contributed by atoms with Crippen LogP contribution in [0.25, 0.3) is 0 Å². The van der Waals surface area contributed by atoms with Crippen LogP contribution in [0.15, 0.2) is 22.5 Å². The Hall–Kier alpha value is -0.340. The predicted octanol–water partition coefficient (Wildman–Crippen LogP) is 3.47. The number of hydrogen-bond acceptors (Lipinski definition) is 3. The first-order valence-electron chi connectivity index (χ1n) is 8.60. The third-order valence-corrected chi connectivity index (χ3v) is 5.62. The van der Waals surface area contributed by atoms with E-state index in [0.717, 1.165) is 25.0 Å². The summed E-state index contributed by atoms with van der Waals surface area (Å²) in [6.45, 7) is 8.60. The SMILES string of the molecule is CCNC(=NCC(c1cccs1)N1CCCC1)NC1CC1C.I. The van der Waals surface area contributed by atoms with Gasteiger partial charge in [-0.1, -0.05) is 13.0 Å². The predicted molar refractivity (Wildman–Crippen MR) is 110 cm³/mol. The Labute approximate surface area is 161 Å². The van der Waals surface area contributed by atoms with Gasteiger partial charge in [-0.25, -0.2) is 0 Å². The van der Waals surface area contributed by atoms with Crippen molar-refractivity contribution in [1.82, 2.24) is 15.5 Å². The van der Waals surface area contributed by atoms with Gasteiger partial charge in [0.25, 0.3) is 0 Å². The summed E-state index contributed by atoms with van der Waals surface area (Å²) in [5.74, 6) is 1.77. The molecule has 0 spiro atoms. The first-order valence-corrected chi connectivity index (χ1v) is 9.48. The van der Waals surface area contributed by atoms with E-state index in [4.69, 9.17) is 4.99 Å². The normalized spacial score (nSPS) is 25.7. The Balaban J connectivity index is 0.00000192. The van der Waals surface area contributed by atoms with Gasteiger partial charge in [0.05, 0.1) is 12.6 Å². The topological polar surface area (TPSA) is 39.7 Å². The van der Waals surface area contributed by atoms with E-state index in [-0.39, 0.29) is 24.0 Å². The summed E-state index contributed by atoms with van der Waals surface area (Å²) in [6, 6.07) is 5.47.